The third kappa shape index (κ3) is 4.03. The first kappa shape index (κ1) is 13.4. The normalized spacial score (nSPS) is 25.6. The molecule has 2 rings (SSSR count). The minimum atomic E-state index is -0.428. The number of hydrogen-bond donors (Lipinski definition) is 1. The van der Waals surface area contributed by atoms with Gasteiger partial charge in [-0.15, -0.1) is 11.8 Å². The number of hydrogen-bond acceptors (Lipinski definition) is 4. The zero-order valence-electron chi connectivity index (χ0n) is 10.4. The van der Waals surface area contributed by atoms with Crippen LogP contribution in [0.2, 0.25) is 0 Å². The Kier molecular flexibility index (Phi) is 4.66. The smallest absolute Gasteiger partial charge is 0.307 e. The second-order valence-electron chi connectivity index (χ2n) is 4.69. The molecular weight excluding hydrogens is 248 g/mol. The number of rotatable bonds is 4. The number of aliphatic hydroxyl groups is 1. The van der Waals surface area contributed by atoms with Gasteiger partial charge in [0.05, 0.1) is 12.5 Å². The lowest BCUT2D eigenvalue weighted by Gasteiger charge is -2.29. The Hall–Kier alpha value is -1.00. The Balaban J connectivity index is 1.94. The number of carbonyl (C=O) groups excluding carboxylic acids is 1. The van der Waals surface area contributed by atoms with Crippen molar-refractivity contribution >= 4 is 17.7 Å². The SMILES string of the molecule is C[C@@H](O)C[C@@H]1CC(Sc2ccccc2)CC(=O)O1. The van der Waals surface area contributed by atoms with Gasteiger partial charge in [0.15, 0.2) is 0 Å². The quantitative estimate of drug-likeness (QED) is 0.851. The number of cyclic esters (lactones) is 1. The van der Waals surface area contributed by atoms with Crippen molar-refractivity contribution in [1.29, 1.82) is 0 Å². The molecule has 0 aliphatic carbocycles. The molecule has 1 aliphatic rings. The van der Waals surface area contributed by atoms with Crippen LogP contribution in [0, 0.1) is 0 Å². The van der Waals surface area contributed by atoms with E-state index in [-0.39, 0.29) is 17.3 Å². The average molecular weight is 266 g/mol. The van der Waals surface area contributed by atoms with Gasteiger partial charge in [-0.1, -0.05) is 18.2 Å². The third-order valence-corrected chi connectivity index (χ3v) is 4.10. The van der Waals surface area contributed by atoms with Crippen LogP contribution in [-0.4, -0.2) is 28.5 Å². The zero-order chi connectivity index (χ0) is 13.0. The average Bonchev–Trinajstić information content (AvgIpc) is 2.28. The fourth-order valence-corrected chi connectivity index (χ4v) is 3.38. The summed E-state index contributed by atoms with van der Waals surface area (Å²) < 4.78 is 5.25. The van der Waals surface area contributed by atoms with Crippen molar-refractivity contribution in [1.82, 2.24) is 0 Å². The maximum atomic E-state index is 11.5. The van der Waals surface area contributed by atoms with E-state index in [1.54, 1.807) is 18.7 Å². The van der Waals surface area contributed by atoms with Crippen molar-refractivity contribution < 1.29 is 14.6 Å². The Morgan fingerprint density at radius 2 is 2.17 bits per heavy atom. The zero-order valence-corrected chi connectivity index (χ0v) is 11.2. The highest BCUT2D eigenvalue weighted by Gasteiger charge is 2.29. The van der Waals surface area contributed by atoms with Gasteiger partial charge < -0.3 is 9.84 Å². The molecule has 98 valence electrons. The molecule has 1 heterocycles. The van der Waals surface area contributed by atoms with Gasteiger partial charge in [0.25, 0.3) is 0 Å². The number of esters is 1. The predicted octanol–water partition coefficient (Wildman–Crippen LogP) is 2.62. The van der Waals surface area contributed by atoms with Crippen molar-refractivity contribution in [3.8, 4) is 0 Å². The maximum absolute atomic E-state index is 11.5. The van der Waals surface area contributed by atoms with Crippen LogP contribution in [0.15, 0.2) is 35.2 Å². The fraction of sp³-hybridized carbons (Fsp3) is 0.500. The van der Waals surface area contributed by atoms with Gasteiger partial charge >= 0.3 is 5.97 Å². The first-order valence-electron chi connectivity index (χ1n) is 6.22. The highest BCUT2D eigenvalue weighted by Crippen LogP contribution is 2.33. The standard InChI is InChI=1S/C14H18O3S/c1-10(15)7-11-8-13(9-14(16)17-11)18-12-5-3-2-4-6-12/h2-6,10-11,13,15H,7-9H2,1H3/t10-,11-,13?/m1/s1. The Morgan fingerprint density at radius 1 is 1.44 bits per heavy atom. The monoisotopic (exact) mass is 266 g/mol. The Bertz CT molecular complexity index is 391. The number of aliphatic hydroxyl groups excluding tert-OH is 1. The molecule has 18 heavy (non-hydrogen) atoms. The molecule has 1 unspecified atom stereocenters. The van der Waals surface area contributed by atoms with Gasteiger partial charge in [-0.05, 0) is 25.5 Å². The van der Waals surface area contributed by atoms with E-state index >= 15 is 0 Å². The molecule has 1 aromatic rings. The highest BCUT2D eigenvalue weighted by molar-refractivity contribution is 8.00. The predicted molar refractivity (Wildman–Crippen MR) is 71.5 cm³/mol. The number of benzene rings is 1. The molecular formula is C14H18O3S. The lowest BCUT2D eigenvalue weighted by molar-refractivity contribution is -0.154. The van der Waals surface area contributed by atoms with E-state index in [2.05, 4.69) is 0 Å². The minimum Gasteiger partial charge on any atom is -0.462 e. The summed E-state index contributed by atoms with van der Waals surface area (Å²) in [6.07, 6.45) is 1.22. The molecule has 0 spiro atoms. The van der Waals surface area contributed by atoms with Crippen LogP contribution < -0.4 is 0 Å². The van der Waals surface area contributed by atoms with E-state index in [0.29, 0.717) is 12.8 Å². The summed E-state index contributed by atoms with van der Waals surface area (Å²) in [6.45, 7) is 1.72. The van der Waals surface area contributed by atoms with E-state index in [0.717, 1.165) is 6.42 Å². The molecule has 0 aromatic heterocycles. The summed E-state index contributed by atoms with van der Waals surface area (Å²) in [5, 5.41) is 9.62. The fourth-order valence-electron chi connectivity index (χ4n) is 2.15. The summed E-state index contributed by atoms with van der Waals surface area (Å²) in [4.78, 5) is 12.7. The Morgan fingerprint density at radius 3 is 2.83 bits per heavy atom. The van der Waals surface area contributed by atoms with Gasteiger partial charge in [0.2, 0.25) is 0 Å². The van der Waals surface area contributed by atoms with E-state index < -0.39 is 6.10 Å². The van der Waals surface area contributed by atoms with Gasteiger partial charge in [0, 0.05) is 16.6 Å². The van der Waals surface area contributed by atoms with Gasteiger partial charge in [-0.3, -0.25) is 4.79 Å². The van der Waals surface area contributed by atoms with Crippen LogP contribution >= 0.6 is 11.8 Å². The van der Waals surface area contributed by atoms with E-state index in [1.165, 1.54) is 4.90 Å². The number of carbonyl (C=O) groups is 1. The lowest BCUT2D eigenvalue weighted by Crippen LogP contribution is -2.33. The summed E-state index contributed by atoms with van der Waals surface area (Å²) in [5.74, 6) is -0.152. The van der Waals surface area contributed by atoms with Gasteiger partial charge in [-0.2, -0.15) is 0 Å². The maximum Gasteiger partial charge on any atom is 0.307 e. The molecule has 0 saturated carbocycles. The summed E-state index contributed by atoms with van der Waals surface area (Å²) in [7, 11) is 0. The third-order valence-electron chi connectivity index (χ3n) is 2.87. The second-order valence-corrected chi connectivity index (χ2v) is 6.06. The summed E-state index contributed by atoms with van der Waals surface area (Å²) in [5.41, 5.74) is 0. The molecule has 3 atom stereocenters. The van der Waals surface area contributed by atoms with Crippen molar-refractivity contribution in [2.24, 2.45) is 0 Å². The summed E-state index contributed by atoms with van der Waals surface area (Å²) >= 11 is 1.72. The van der Waals surface area contributed by atoms with E-state index in [4.69, 9.17) is 4.74 Å². The van der Waals surface area contributed by atoms with Crippen molar-refractivity contribution in [3.63, 3.8) is 0 Å². The Labute approximate surface area is 112 Å². The summed E-state index contributed by atoms with van der Waals surface area (Å²) in [6, 6.07) is 10.1. The molecule has 0 amide bonds. The molecule has 3 nitrogen and oxygen atoms in total. The molecule has 1 N–H and O–H groups in total. The largest absolute Gasteiger partial charge is 0.462 e. The van der Waals surface area contributed by atoms with Gasteiger partial charge in [0.1, 0.15) is 6.10 Å². The molecule has 1 aromatic carbocycles. The van der Waals surface area contributed by atoms with Crippen LogP contribution in [0.5, 0.6) is 0 Å². The second kappa shape index (κ2) is 6.25. The minimum absolute atomic E-state index is 0.146. The van der Waals surface area contributed by atoms with Crippen LogP contribution in [0.3, 0.4) is 0 Å². The first-order chi connectivity index (χ1) is 8.63. The van der Waals surface area contributed by atoms with Crippen molar-refractivity contribution in [3.05, 3.63) is 30.3 Å². The van der Waals surface area contributed by atoms with Gasteiger partial charge in [-0.25, -0.2) is 0 Å². The molecule has 4 heteroatoms. The molecule has 1 saturated heterocycles. The van der Waals surface area contributed by atoms with E-state index in [9.17, 15) is 9.90 Å². The number of thioether (sulfide) groups is 1. The molecule has 1 aliphatic heterocycles. The molecule has 0 bridgehead atoms. The first-order valence-corrected chi connectivity index (χ1v) is 7.10. The molecule has 1 fully saturated rings. The molecule has 0 radical (unpaired) electrons. The highest BCUT2D eigenvalue weighted by atomic mass is 32.2. The topological polar surface area (TPSA) is 46.5 Å². The van der Waals surface area contributed by atoms with Crippen molar-refractivity contribution in [2.75, 3.05) is 0 Å². The van der Waals surface area contributed by atoms with Crippen LogP contribution in [-0.2, 0) is 9.53 Å². The van der Waals surface area contributed by atoms with Crippen LogP contribution in [0.25, 0.3) is 0 Å². The van der Waals surface area contributed by atoms with Crippen LogP contribution in [0.1, 0.15) is 26.2 Å². The van der Waals surface area contributed by atoms with Crippen molar-refractivity contribution in [2.45, 2.75) is 48.5 Å². The number of ether oxygens (including phenoxy) is 1. The van der Waals surface area contributed by atoms with E-state index in [1.807, 2.05) is 30.3 Å². The van der Waals surface area contributed by atoms with Crippen LogP contribution in [0.4, 0.5) is 0 Å². The lowest BCUT2D eigenvalue weighted by atomic mass is 10.0.